The highest BCUT2D eigenvalue weighted by Gasteiger charge is 2.06. The normalized spacial score (nSPS) is 11.3. The lowest BCUT2D eigenvalue weighted by Gasteiger charge is -2.01. The van der Waals surface area contributed by atoms with Crippen LogP contribution in [0.4, 0.5) is 0 Å². The summed E-state index contributed by atoms with van der Waals surface area (Å²) in [5, 5.41) is 10.1. The van der Waals surface area contributed by atoms with Gasteiger partial charge in [-0.25, -0.2) is 0 Å². The Kier molecular flexibility index (Phi) is 4.33. The van der Waals surface area contributed by atoms with Gasteiger partial charge in [0.25, 0.3) is 0 Å². The fraction of sp³-hybridized carbons (Fsp3) is 0. The summed E-state index contributed by atoms with van der Waals surface area (Å²) in [7, 11) is 0. The average molecular weight is 390 g/mol. The lowest BCUT2D eigenvalue weighted by molar-refractivity contribution is 0.528. The molecule has 1 aromatic heterocycles. The van der Waals surface area contributed by atoms with E-state index in [1.54, 1.807) is 30.3 Å². The molecule has 0 saturated carbocycles. The Labute approximate surface area is 128 Å². The Balaban J connectivity index is 2.43. The van der Waals surface area contributed by atoms with E-state index in [0.717, 1.165) is 3.77 Å². The van der Waals surface area contributed by atoms with Gasteiger partial charge >= 0.3 is 0 Å². The first-order chi connectivity index (χ1) is 8.60. The van der Waals surface area contributed by atoms with E-state index in [1.165, 1.54) is 0 Å². The summed E-state index contributed by atoms with van der Waals surface area (Å²) in [6.07, 6.45) is 1.67. The molecule has 0 fully saturated rings. The maximum absolute atomic E-state index is 9.17. The van der Waals surface area contributed by atoms with Crippen LogP contribution in [-0.2, 0) is 0 Å². The standard InChI is InChI=1S/C13H6Cl2INO/c14-11-3-1-8(6-12(11)15)9(7-17)5-10-2-4-13(16)18-10/h1-6H/b9-5-. The van der Waals surface area contributed by atoms with Crippen molar-refractivity contribution in [3.63, 3.8) is 0 Å². The molecule has 0 amide bonds. The van der Waals surface area contributed by atoms with Gasteiger partial charge in [0.1, 0.15) is 5.76 Å². The molecule has 5 heteroatoms. The maximum Gasteiger partial charge on any atom is 0.164 e. The van der Waals surface area contributed by atoms with Crippen molar-refractivity contribution in [2.75, 3.05) is 0 Å². The first kappa shape index (κ1) is 13.5. The fourth-order valence-corrected chi connectivity index (χ4v) is 2.12. The van der Waals surface area contributed by atoms with Crippen molar-refractivity contribution >= 4 is 57.4 Å². The van der Waals surface area contributed by atoms with E-state index in [-0.39, 0.29) is 0 Å². The Bertz CT molecular complexity index is 655. The van der Waals surface area contributed by atoms with Crippen LogP contribution in [0.5, 0.6) is 0 Å². The molecule has 1 heterocycles. The molecule has 0 spiro atoms. The third-order valence-electron chi connectivity index (χ3n) is 2.23. The Morgan fingerprint density at radius 3 is 2.56 bits per heavy atom. The molecule has 0 radical (unpaired) electrons. The van der Waals surface area contributed by atoms with Gasteiger partial charge in [-0.15, -0.1) is 0 Å². The Morgan fingerprint density at radius 2 is 2.00 bits per heavy atom. The molecular formula is C13H6Cl2INO. The minimum Gasteiger partial charge on any atom is -0.451 e. The second-order valence-corrected chi connectivity index (χ2v) is 5.32. The topological polar surface area (TPSA) is 36.9 Å². The monoisotopic (exact) mass is 389 g/mol. The third-order valence-corrected chi connectivity index (χ3v) is 3.55. The summed E-state index contributed by atoms with van der Waals surface area (Å²) >= 11 is 13.8. The van der Waals surface area contributed by atoms with Gasteiger partial charge in [-0.1, -0.05) is 29.3 Å². The number of nitriles is 1. The molecule has 18 heavy (non-hydrogen) atoms. The highest BCUT2D eigenvalue weighted by molar-refractivity contribution is 14.1. The van der Waals surface area contributed by atoms with Gasteiger partial charge < -0.3 is 4.42 Å². The van der Waals surface area contributed by atoms with Crippen molar-refractivity contribution in [3.05, 3.63) is 55.5 Å². The minimum atomic E-state index is 0.421. The predicted octanol–water partition coefficient (Wildman–Crippen LogP) is 5.26. The number of hydrogen-bond acceptors (Lipinski definition) is 2. The van der Waals surface area contributed by atoms with Crippen LogP contribution in [0.2, 0.25) is 10.0 Å². The number of hydrogen-bond donors (Lipinski definition) is 0. The molecular weight excluding hydrogens is 384 g/mol. The smallest absolute Gasteiger partial charge is 0.164 e. The van der Waals surface area contributed by atoms with E-state index in [4.69, 9.17) is 32.9 Å². The Morgan fingerprint density at radius 1 is 1.22 bits per heavy atom. The highest BCUT2D eigenvalue weighted by Crippen LogP contribution is 2.27. The number of nitrogens with zero attached hydrogens (tertiary/aromatic N) is 1. The van der Waals surface area contributed by atoms with Crippen molar-refractivity contribution in [1.82, 2.24) is 0 Å². The van der Waals surface area contributed by atoms with E-state index in [9.17, 15) is 0 Å². The quantitative estimate of drug-likeness (QED) is 0.519. The predicted molar refractivity (Wildman–Crippen MR) is 81.4 cm³/mol. The summed E-state index contributed by atoms with van der Waals surface area (Å²) in [4.78, 5) is 0. The van der Waals surface area contributed by atoms with Crippen LogP contribution in [0.15, 0.2) is 34.7 Å². The molecule has 0 aliphatic rings. The van der Waals surface area contributed by atoms with Gasteiger partial charge in [0.2, 0.25) is 0 Å². The molecule has 0 unspecified atom stereocenters. The molecule has 2 rings (SSSR count). The lowest BCUT2D eigenvalue weighted by Crippen LogP contribution is -1.82. The zero-order valence-electron chi connectivity index (χ0n) is 8.95. The summed E-state index contributed by atoms with van der Waals surface area (Å²) in [5.41, 5.74) is 1.18. The van der Waals surface area contributed by atoms with Crippen LogP contribution in [-0.4, -0.2) is 0 Å². The minimum absolute atomic E-state index is 0.421. The van der Waals surface area contributed by atoms with E-state index < -0.39 is 0 Å². The number of allylic oxidation sites excluding steroid dienone is 1. The van der Waals surface area contributed by atoms with Gasteiger partial charge in [-0.05, 0) is 58.5 Å². The van der Waals surface area contributed by atoms with E-state index in [1.807, 2.05) is 6.07 Å². The number of halogens is 3. The second-order valence-electron chi connectivity index (χ2n) is 3.44. The van der Waals surface area contributed by atoms with E-state index >= 15 is 0 Å². The number of benzene rings is 1. The molecule has 2 aromatic rings. The van der Waals surface area contributed by atoms with Gasteiger partial charge in [-0.2, -0.15) is 5.26 Å². The molecule has 1 aromatic carbocycles. The fourth-order valence-electron chi connectivity index (χ4n) is 1.39. The third kappa shape index (κ3) is 3.08. The van der Waals surface area contributed by atoms with Gasteiger partial charge in [0, 0.05) is 0 Å². The van der Waals surface area contributed by atoms with Crippen LogP contribution in [0.1, 0.15) is 11.3 Å². The summed E-state index contributed by atoms with van der Waals surface area (Å²) in [6, 6.07) is 10.8. The molecule has 0 N–H and O–H groups in total. The second kappa shape index (κ2) is 5.79. The summed E-state index contributed by atoms with van der Waals surface area (Å²) in [5.74, 6) is 0.627. The zero-order valence-corrected chi connectivity index (χ0v) is 12.6. The SMILES string of the molecule is N#C/C(=C/c1ccc(I)o1)c1ccc(Cl)c(Cl)c1. The number of rotatable bonds is 2. The lowest BCUT2D eigenvalue weighted by atomic mass is 10.1. The van der Waals surface area contributed by atoms with Crippen molar-refractivity contribution < 1.29 is 4.42 Å². The summed E-state index contributed by atoms with van der Waals surface area (Å²) < 4.78 is 6.16. The van der Waals surface area contributed by atoms with E-state index in [2.05, 4.69) is 28.7 Å². The van der Waals surface area contributed by atoms with Crippen LogP contribution < -0.4 is 0 Å². The van der Waals surface area contributed by atoms with Crippen molar-refractivity contribution in [3.8, 4) is 6.07 Å². The first-order valence-corrected chi connectivity index (χ1v) is 6.76. The molecule has 0 bridgehead atoms. The number of furan rings is 1. The van der Waals surface area contributed by atoms with Gasteiger partial charge in [0.05, 0.1) is 21.7 Å². The molecule has 0 aliphatic heterocycles. The average Bonchev–Trinajstić information content (AvgIpc) is 2.75. The van der Waals surface area contributed by atoms with Crippen LogP contribution in [0, 0.1) is 15.1 Å². The van der Waals surface area contributed by atoms with Crippen LogP contribution in [0.3, 0.4) is 0 Å². The van der Waals surface area contributed by atoms with Gasteiger partial charge in [-0.3, -0.25) is 0 Å². The van der Waals surface area contributed by atoms with Crippen LogP contribution in [0.25, 0.3) is 11.6 Å². The van der Waals surface area contributed by atoms with Crippen molar-refractivity contribution in [2.45, 2.75) is 0 Å². The van der Waals surface area contributed by atoms with Gasteiger partial charge in [0.15, 0.2) is 3.77 Å². The highest BCUT2D eigenvalue weighted by atomic mass is 127. The Hall–Kier alpha value is -0.960. The first-order valence-electron chi connectivity index (χ1n) is 4.92. The molecule has 0 saturated heterocycles. The molecule has 0 atom stereocenters. The van der Waals surface area contributed by atoms with E-state index in [0.29, 0.717) is 26.9 Å². The zero-order chi connectivity index (χ0) is 13.1. The molecule has 0 aliphatic carbocycles. The van der Waals surface area contributed by atoms with Crippen LogP contribution >= 0.6 is 45.8 Å². The molecule has 90 valence electrons. The molecule has 2 nitrogen and oxygen atoms in total. The maximum atomic E-state index is 9.17. The summed E-state index contributed by atoms with van der Waals surface area (Å²) in [6.45, 7) is 0. The largest absolute Gasteiger partial charge is 0.451 e. The van der Waals surface area contributed by atoms with Crippen molar-refractivity contribution in [2.24, 2.45) is 0 Å². The van der Waals surface area contributed by atoms with Crippen molar-refractivity contribution in [1.29, 1.82) is 5.26 Å².